The first-order valence-corrected chi connectivity index (χ1v) is 8.08. The van der Waals surface area contributed by atoms with Crippen molar-refractivity contribution in [2.45, 2.75) is 68.6 Å². The number of thioether (sulfide) groups is 1. The zero-order valence-electron chi connectivity index (χ0n) is 12.6. The van der Waals surface area contributed by atoms with E-state index in [1.165, 1.54) is 23.3 Å². The summed E-state index contributed by atoms with van der Waals surface area (Å²) < 4.78 is 0.330. The molecule has 106 valence electrons. The summed E-state index contributed by atoms with van der Waals surface area (Å²) in [6, 6.07) is 8.84. The molecule has 1 N–H and O–H groups in total. The second-order valence-corrected chi connectivity index (χ2v) is 8.45. The maximum Gasteiger partial charge on any atom is 0.0619 e. The van der Waals surface area contributed by atoms with E-state index < -0.39 is 5.60 Å². The van der Waals surface area contributed by atoms with Crippen LogP contribution in [0, 0.1) is 12.8 Å². The quantitative estimate of drug-likeness (QED) is 0.856. The molecule has 1 aliphatic carbocycles. The van der Waals surface area contributed by atoms with Gasteiger partial charge in [0, 0.05) is 9.64 Å². The molecule has 1 saturated carbocycles. The molecule has 0 unspecified atom stereocenters. The lowest BCUT2D eigenvalue weighted by Crippen LogP contribution is -2.37. The molecule has 0 heterocycles. The highest BCUT2D eigenvalue weighted by atomic mass is 32.2. The largest absolute Gasteiger partial charge is 0.390 e. The van der Waals surface area contributed by atoms with E-state index in [2.05, 4.69) is 38.1 Å². The highest BCUT2D eigenvalue weighted by Gasteiger charge is 2.37. The van der Waals surface area contributed by atoms with E-state index in [-0.39, 0.29) is 0 Å². The molecule has 0 amide bonds. The Hall–Kier alpha value is -0.470. The highest BCUT2D eigenvalue weighted by Crippen LogP contribution is 2.47. The average Bonchev–Trinajstić information content (AvgIpc) is 2.31. The Labute approximate surface area is 121 Å². The molecule has 0 spiro atoms. The van der Waals surface area contributed by atoms with Crippen LogP contribution in [0.1, 0.15) is 52.0 Å². The smallest absolute Gasteiger partial charge is 0.0619 e. The third kappa shape index (κ3) is 4.00. The van der Waals surface area contributed by atoms with Gasteiger partial charge in [-0.1, -0.05) is 24.6 Å². The zero-order valence-corrected chi connectivity index (χ0v) is 13.4. The van der Waals surface area contributed by atoms with Crippen molar-refractivity contribution in [2.24, 2.45) is 5.92 Å². The van der Waals surface area contributed by atoms with Gasteiger partial charge in [0.25, 0.3) is 0 Å². The summed E-state index contributed by atoms with van der Waals surface area (Å²) in [5.41, 5.74) is 0.802. The minimum Gasteiger partial charge on any atom is -0.390 e. The summed E-state index contributed by atoms with van der Waals surface area (Å²) in [5, 5.41) is 10.1. The van der Waals surface area contributed by atoms with Gasteiger partial charge in [-0.05, 0) is 64.5 Å². The van der Waals surface area contributed by atoms with Gasteiger partial charge in [0.1, 0.15) is 0 Å². The predicted molar refractivity (Wildman–Crippen MR) is 83.7 cm³/mol. The van der Waals surface area contributed by atoms with Gasteiger partial charge in [-0.3, -0.25) is 0 Å². The number of hydrogen-bond donors (Lipinski definition) is 1. The van der Waals surface area contributed by atoms with Gasteiger partial charge in [0.05, 0.1) is 5.60 Å². The van der Waals surface area contributed by atoms with Gasteiger partial charge in [0.15, 0.2) is 0 Å². The van der Waals surface area contributed by atoms with E-state index in [0.717, 1.165) is 12.8 Å². The van der Waals surface area contributed by atoms with Crippen LogP contribution in [0.2, 0.25) is 0 Å². The molecule has 0 radical (unpaired) electrons. The Morgan fingerprint density at radius 2 is 1.68 bits per heavy atom. The Balaban J connectivity index is 1.96. The third-order valence-corrected chi connectivity index (χ3v) is 5.84. The van der Waals surface area contributed by atoms with Crippen molar-refractivity contribution in [1.82, 2.24) is 0 Å². The van der Waals surface area contributed by atoms with E-state index in [1.54, 1.807) is 0 Å². The molecule has 0 atom stereocenters. The van der Waals surface area contributed by atoms with E-state index in [1.807, 2.05) is 25.6 Å². The first-order valence-electron chi connectivity index (χ1n) is 7.27. The van der Waals surface area contributed by atoms with Crippen molar-refractivity contribution in [3.63, 3.8) is 0 Å². The number of rotatable bonds is 3. The highest BCUT2D eigenvalue weighted by molar-refractivity contribution is 8.00. The van der Waals surface area contributed by atoms with Crippen molar-refractivity contribution in [1.29, 1.82) is 0 Å². The molecule has 1 nitrogen and oxygen atoms in total. The number of hydrogen-bond acceptors (Lipinski definition) is 2. The minimum absolute atomic E-state index is 0.330. The van der Waals surface area contributed by atoms with E-state index in [4.69, 9.17) is 0 Å². The topological polar surface area (TPSA) is 20.2 Å². The summed E-state index contributed by atoms with van der Waals surface area (Å²) in [6.45, 7) is 8.41. The van der Waals surface area contributed by atoms with Gasteiger partial charge in [-0.2, -0.15) is 0 Å². The maximum absolute atomic E-state index is 10.1. The van der Waals surface area contributed by atoms with Gasteiger partial charge in [0.2, 0.25) is 0 Å². The maximum atomic E-state index is 10.1. The van der Waals surface area contributed by atoms with Gasteiger partial charge >= 0.3 is 0 Å². The normalized spacial score (nSPS) is 28.4. The summed E-state index contributed by atoms with van der Waals surface area (Å²) >= 11 is 2.01. The lowest BCUT2D eigenvalue weighted by molar-refractivity contribution is -0.00232. The first kappa shape index (κ1) is 14.9. The molecule has 1 fully saturated rings. The molecule has 2 rings (SSSR count). The monoisotopic (exact) mass is 278 g/mol. The fourth-order valence-corrected chi connectivity index (χ4v) is 4.21. The average molecular weight is 278 g/mol. The second-order valence-electron chi connectivity index (χ2n) is 6.79. The molecule has 0 bridgehead atoms. The molecule has 0 aromatic heterocycles. The number of aryl methyl sites for hydroxylation is 1. The summed E-state index contributed by atoms with van der Waals surface area (Å²) in [7, 11) is 0. The fourth-order valence-electron chi connectivity index (χ4n) is 2.93. The summed E-state index contributed by atoms with van der Waals surface area (Å²) in [6.07, 6.45) is 4.66. The van der Waals surface area contributed by atoms with Crippen LogP contribution < -0.4 is 0 Å². The molecule has 19 heavy (non-hydrogen) atoms. The molecule has 1 aromatic rings. The van der Waals surface area contributed by atoms with Crippen LogP contribution in [-0.2, 0) is 0 Å². The van der Waals surface area contributed by atoms with Crippen molar-refractivity contribution < 1.29 is 5.11 Å². The van der Waals surface area contributed by atoms with Crippen LogP contribution >= 0.6 is 11.8 Å². The zero-order chi connectivity index (χ0) is 14.1. The SMILES string of the molecule is Cc1ccc(SC2(C)CCC(C(C)(C)O)CC2)cc1. The molecule has 0 aliphatic heterocycles. The van der Waals surface area contributed by atoms with Crippen LogP contribution in [0.4, 0.5) is 0 Å². The number of benzene rings is 1. The van der Waals surface area contributed by atoms with Crippen molar-refractivity contribution >= 4 is 11.8 Å². The predicted octanol–water partition coefficient (Wildman–Crippen LogP) is 4.81. The Kier molecular flexibility index (Phi) is 4.32. The first-order chi connectivity index (χ1) is 8.78. The molecule has 0 saturated heterocycles. The van der Waals surface area contributed by atoms with E-state index in [0.29, 0.717) is 10.7 Å². The lowest BCUT2D eigenvalue weighted by Gasteiger charge is -2.41. The Morgan fingerprint density at radius 1 is 1.16 bits per heavy atom. The molecule has 2 heteroatoms. The van der Waals surface area contributed by atoms with Crippen molar-refractivity contribution in [2.75, 3.05) is 0 Å². The fraction of sp³-hybridized carbons (Fsp3) is 0.647. The standard InChI is InChI=1S/C17H26OS/c1-13-5-7-15(8-6-13)19-17(4)11-9-14(10-12-17)16(2,3)18/h5-8,14,18H,9-12H2,1-4H3. The lowest BCUT2D eigenvalue weighted by atomic mass is 9.75. The molecular formula is C17H26OS. The van der Waals surface area contributed by atoms with Gasteiger partial charge in [-0.15, -0.1) is 11.8 Å². The Morgan fingerprint density at radius 3 is 2.16 bits per heavy atom. The number of aliphatic hydroxyl groups is 1. The van der Waals surface area contributed by atoms with Crippen molar-refractivity contribution in [3.05, 3.63) is 29.8 Å². The summed E-state index contributed by atoms with van der Waals surface area (Å²) in [5.74, 6) is 0.458. The molecular weight excluding hydrogens is 252 g/mol. The van der Waals surface area contributed by atoms with Crippen LogP contribution in [0.5, 0.6) is 0 Å². The van der Waals surface area contributed by atoms with E-state index >= 15 is 0 Å². The molecule has 1 aliphatic rings. The van der Waals surface area contributed by atoms with Gasteiger partial charge < -0.3 is 5.11 Å². The van der Waals surface area contributed by atoms with E-state index in [9.17, 15) is 5.11 Å². The Bertz CT molecular complexity index is 408. The van der Waals surface area contributed by atoms with Crippen molar-refractivity contribution in [3.8, 4) is 0 Å². The van der Waals surface area contributed by atoms with Crippen LogP contribution in [0.25, 0.3) is 0 Å². The summed E-state index contributed by atoms with van der Waals surface area (Å²) in [4.78, 5) is 1.37. The van der Waals surface area contributed by atoms with Gasteiger partial charge in [-0.25, -0.2) is 0 Å². The third-order valence-electron chi connectivity index (χ3n) is 4.43. The molecule has 1 aromatic carbocycles. The minimum atomic E-state index is -0.518. The second kappa shape index (κ2) is 5.49. The van der Waals surface area contributed by atoms with Crippen LogP contribution in [-0.4, -0.2) is 15.5 Å². The van der Waals surface area contributed by atoms with Crippen LogP contribution in [0.3, 0.4) is 0 Å². The van der Waals surface area contributed by atoms with Crippen LogP contribution in [0.15, 0.2) is 29.2 Å².